The van der Waals surface area contributed by atoms with Crippen molar-refractivity contribution in [1.82, 2.24) is 15.5 Å². The summed E-state index contributed by atoms with van der Waals surface area (Å²) in [6, 6.07) is 0. The van der Waals surface area contributed by atoms with Gasteiger partial charge < -0.3 is 16.4 Å². The molecular formula is C14H34N4. The predicted octanol–water partition coefficient (Wildman–Crippen LogP) is 1.02. The zero-order chi connectivity index (χ0) is 14.2. The standard InChI is InChI=1S/C14H34N4/c1-13(2,3)17-9-8-16-10-12-18(11-7-15)14(4,5)6/h16-17H,7-12,15H2,1-6H3. The van der Waals surface area contributed by atoms with Gasteiger partial charge in [0.25, 0.3) is 0 Å². The van der Waals surface area contributed by atoms with Crippen LogP contribution in [0.5, 0.6) is 0 Å². The third-order valence-electron chi connectivity index (χ3n) is 2.86. The van der Waals surface area contributed by atoms with Crippen LogP contribution < -0.4 is 16.4 Å². The molecule has 0 spiro atoms. The summed E-state index contributed by atoms with van der Waals surface area (Å²) in [7, 11) is 0. The van der Waals surface area contributed by atoms with Gasteiger partial charge in [-0.15, -0.1) is 0 Å². The molecule has 4 N–H and O–H groups in total. The fourth-order valence-corrected chi connectivity index (χ4v) is 1.80. The summed E-state index contributed by atoms with van der Waals surface area (Å²) in [5.74, 6) is 0. The van der Waals surface area contributed by atoms with Crippen LogP contribution in [0.15, 0.2) is 0 Å². The zero-order valence-electron chi connectivity index (χ0n) is 13.3. The van der Waals surface area contributed by atoms with Gasteiger partial charge in [-0.3, -0.25) is 4.90 Å². The Hall–Kier alpha value is -0.160. The normalized spacial score (nSPS) is 13.3. The van der Waals surface area contributed by atoms with Crippen LogP contribution in [-0.2, 0) is 0 Å². The molecule has 0 aliphatic heterocycles. The molecule has 0 amide bonds. The average molecular weight is 258 g/mol. The molecule has 0 aliphatic carbocycles. The maximum Gasteiger partial charge on any atom is 0.0126 e. The lowest BCUT2D eigenvalue weighted by atomic mass is 10.1. The first-order valence-electron chi connectivity index (χ1n) is 7.07. The second-order valence-corrected chi connectivity index (χ2v) is 6.87. The maximum absolute atomic E-state index is 5.65. The van der Waals surface area contributed by atoms with Crippen molar-refractivity contribution in [3.05, 3.63) is 0 Å². The van der Waals surface area contributed by atoms with Gasteiger partial charge in [-0.1, -0.05) is 0 Å². The van der Waals surface area contributed by atoms with Crippen molar-refractivity contribution in [3.8, 4) is 0 Å². The van der Waals surface area contributed by atoms with E-state index in [2.05, 4.69) is 57.1 Å². The molecule has 0 aliphatic rings. The Kier molecular flexibility index (Phi) is 8.03. The number of nitrogens with one attached hydrogen (secondary N) is 2. The zero-order valence-corrected chi connectivity index (χ0v) is 13.3. The molecule has 0 aromatic carbocycles. The van der Waals surface area contributed by atoms with Gasteiger partial charge in [0.05, 0.1) is 0 Å². The first-order valence-corrected chi connectivity index (χ1v) is 7.07. The van der Waals surface area contributed by atoms with Crippen molar-refractivity contribution in [2.45, 2.75) is 52.6 Å². The van der Waals surface area contributed by atoms with Crippen molar-refractivity contribution in [2.75, 3.05) is 39.3 Å². The highest BCUT2D eigenvalue weighted by molar-refractivity contribution is 4.77. The number of nitrogens with two attached hydrogens (primary N) is 1. The van der Waals surface area contributed by atoms with E-state index in [9.17, 15) is 0 Å². The van der Waals surface area contributed by atoms with Crippen LogP contribution in [0.2, 0.25) is 0 Å². The molecule has 0 saturated heterocycles. The number of hydrogen-bond donors (Lipinski definition) is 3. The lowest BCUT2D eigenvalue weighted by Gasteiger charge is -2.35. The second-order valence-electron chi connectivity index (χ2n) is 6.87. The van der Waals surface area contributed by atoms with Gasteiger partial charge in [-0.25, -0.2) is 0 Å². The van der Waals surface area contributed by atoms with Gasteiger partial charge in [0.1, 0.15) is 0 Å². The largest absolute Gasteiger partial charge is 0.329 e. The van der Waals surface area contributed by atoms with Crippen molar-refractivity contribution >= 4 is 0 Å². The third kappa shape index (κ3) is 9.83. The van der Waals surface area contributed by atoms with Crippen LogP contribution in [-0.4, -0.2) is 55.2 Å². The Bertz CT molecular complexity index is 203. The smallest absolute Gasteiger partial charge is 0.0126 e. The van der Waals surface area contributed by atoms with Crippen molar-refractivity contribution in [2.24, 2.45) is 5.73 Å². The summed E-state index contributed by atoms with van der Waals surface area (Å²) in [5, 5.41) is 6.94. The molecule has 0 fully saturated rings. The molecule has 110 valence electrons. The third-order valence-corrected chi connectivity index (χ3v) is 2.86. The fourth-order valence-electron chi connectivity index (χ4n) is 1.80. The Morgan fingerprint density at radius 2 is 1.50 bits per heavy atom. The van der Waals surface area contributed by atoms with E-state index in [0.29, 0.717) is 0 Å². The van der Waals surface area contributed by atoms with Crippen molar-refractivity contribution in [3.63, 3.8) is 0 Å². The van der Waals surface area contributed by atoms with E-state index in [4.69, 9.17) is 5.73 Å². The lowest BCUT2D eigenvalue weighted by Crippen LogP contribution is -2.47. The molecule has 0 rings (SSSR count). The van der Waals surface area contributed by atoms with Crippen LogP contribution in [0.4, 0.5) is 0 Å². The first kappa shape index (κ1) is 17.8. The van der Waals surface area contributed by atoms with Crippen LogP contribution >= 0.6 is 0 Å². The topological polar surface area (TPSA) is 53.3 Å². The lowest BCUT2D eigenvalue weighted by molar-refractivity contribution is 0.142. The molecule has 0 aromatic rings. The predicted molar refractivity (Wildman–Crippen MR) is 81.0 cm³/mol. The van der Waals surface area contributed by atoms with Gasteiger partial charge in [-0.2, -0.15) is 0 Å². The highest BCUT2D eigenvalue weighted by atomic mass is 15.2. The van der Waals surface area contributed by atoms with Crippen LogP contribution in [0.3, 0.4) is 0 Å². The Morgan fingerprint density at radius 3 is 1.94 bits per heavy atom. The highest BCUT2D eigenvalue weighted by Crippen LogP contribution is 2.11. The molecule has 4 heteroatoms. The second kappa shape index (κ2) is 8.10. The van der Waals surface area contributed by atoms with Gasteiger partial charge in [0.2, 0.25) is 0 Å². The minimum absolute atomic E-state index is 0.199. The summed E-state index contributed by atoms with van der Waals surface area (Å²) in [6.07, 6.45) is 0. The molecule has 0 heterocycles. The van der Waals surface area contributed by atoms with E-state index in [0.717, 1.165) is 39.3 Å². The summed E-state index contributed by atoms with van der Waals surface area (Å²) in [6.45, 7) is 19.1. The monoisotopic (exact) mass is 258 g/mol. The minimum atomic E-state index is 0.199. The number of nitrogens with zero attached hydrogens (tertiary/aromatic N) is 1. The van der Waals surface area contributed by atoms with Crippen LogP contribution in [0.1, 0.15) is 41.5 Å². The molecule has 4 nitrogen and oxygen atoms in total. The summed E-state index contributed by atoms with van der Waals surface area (Å²) >= 11 is 0. The van der Waals surface area contributed by atoms with Crippen LogP contribution in [0.25, 0.3) is 0 Å². The molecule has 0 aromatic heterocycles. The molecule has 0 unspecified atom stereocenters. The van der Waals surface area contributed by atoms with E-state index < -0.39 is 0 Å². The summed E-state index contributed by atoms with van der Waals surface area (Å²) < 4.78 is 0. The summed E-state index contributed by atoms with van der Waals surface area (Å²) in [5.41, 5.74) is 6.06. The van der Waals surface area contributed by atoms with E-state index in [1.54, 1.807) is 0 Å². The van der Waals surface area contributed by atoms with Gasteiger partial charge in [0.15, 0.2) is 0 Å². The Balaban J connectivity index is 3.68. The highest BCUT2D eigenvalue weighted by Gasteiger charge is 2.19. The van der Waals surface area contributed by atoms with Crippen molar-refractivity contribution < 1.29 is 0 Å². The molecule has 18 heavy (non-hydrogen) atoms. The van der Waals surface area contributed by atoms with Gasteiger partial charge in [-0.05, 0) is 41.5 Å². The minimum Gasteiger partial charge on any atom is -0.329 e. The molecule has 0 radical (unpaired) electrons. The SMILES string of the molecule is CC(C)(C)NCCNCCN(CCN)C(C)(C)C. The van der Waals surface area contributed by atoms with E-state index >= 15 is 0 Å². The Morgan fingerprint density at radius 1 is 0.889 bits per heavy atom. The Labute approximate surface area is 114 Å². The number of hydrogen-bond acceptors (Lipinski definition) is 4. The molecule has 0 saturated carbocycles. The molecule has 0 bridgehead atoms. The van der Waals surface area contributed by atoms with Crippen LogP contribution in [0, 0.1) is 0 Å². The van der Waals surface area contributed by atoms with E-state index in [1.165, 1.54) is 0 Å². The van der Waals surface area contributed by atoms with E-state index in [-0.39, 0.29) is 11.1 Å². The van der Waals surface area contributed by atoms with Crippen molar-refractivity contribution in [1.29, 1.82) is 0 Å². The fraction of sp³-hybridized carbons (Fsp3) is 1.00. The number of rotatable bonds is 8. The molecular weight excluding hydrogens is 224 g/mol. The van der Waals surface area contributed by atoms with Gasteiger partial charge in [0, 0.05) is 50.3 Å². The van der Waals surface area contributed by atoms with E-state index in [1.807, 2.05) is 0 Å². The summed E-state index contributed by atoms with van der Waals surface area (Å²) in [4.78, 5) is 2.43. The maximum atomic E-state index is 5.65. The average Bonchev–Trinajstić information content (AvgIpc) is 2.18. The molecule has 0 atom stereocenters. The first-order chi connectivity index (χ1) is 8.17. The quantitative estimate of drug-likeness (QED) is 0.569. The van der Waals surface area contributed by atoms with Gasteiger partial charge >= 0.3 is 0 Å².